The lowest BCUT2D eigenvalue weighted by atomic mass is 9.96. The van der Waals surface area contributed by atoms with Crippen molar-refractivity contribution in [3.8, 4) is 28.8 Å². The Bertz CT molecular complexity index is 850. The first-order valence-corrected chi connectivity index (χ1v) is 9.30. The van der Waals surface area contributed by atoms with Gasteiger partial charge in [-0.3, -0.25) is 4.90 Å². The van der Waals surface area contributed by atoms with Gasteiger partial charge in [-0.05, 0) is 44.1 Å². The number of piperidine rings is 1. The Morgan fingerprint density at radius 3 is 2.61 bits per heavy atom. The van der Waals surface area contributed by atoms with E-state index in [-0.39, 0.29) is 17.9 Å². The molecule has 0 spiro atoms. The number of nitrogens with two attached hydrogens (primary N) is 1. The predicted molar refractivity (Wildman–Crippen MR) is 107 cm³/mol. The molecule has 0 amide bonds. The smallest absolute Gasteiger partial charge is 0.161 e. The van der Waals surface area contributed by atoms with Crippen molar-refractivity contribution in [2.45, 2.75) is 19.1 Å². The van der Waals surface area contributed by atoms with Crippen molar-refractivity contribution in [3.63, 3.8) is 0 Å². The van der Waals surface area contributed by atoms with Crippen LogP contribution in [-0.4, -0.2) is 60.3 Å². The van der Waals surface area contributed by atoms with Gasteiger partial charge in [0.25, 0.3) is 0 Å². The first kappa shape index (κ1) is 20.1. The number of phenolic OH excluding ortho intramolecular Hbond substituents is 1. The number of nitrogens with zero attached hydrogens (tertiary/aromatic N) is 3. The van der Waals surface area contributed by atoms with Gasteiger partial charge in [-0.15, -0.1) is 10.2 Å². The molecule has 7 nitrogen and oxygen atoms in total. The third-order valence-electron chi connectivity index (χ3n) is 5.01. The molecule has 1 saturated heterocycles. The van der Waals surface area contributed by atoms with Gasteiger partial charge >= 0.3 is 0 Å². The summed E-state index contributed by atoms with van der Waals surface area (Å²) in [5.74, 6) is 7.13. The summed E-state index contributed by atoms with van der Waals surface area (Å²) in [5.41, 5.74) is 7.69. The van der Waals surface area contributed by atoms with Gasteiger partial charge in [-0.1, -0.05) is 24.0 Å². The third-order valence-corrected chi connectivity index (χ3v) is 5.01. The second-order valence-electron chi connectivity index (χ2n) is 6.80. The highest BCUT2D eigenvalue weighted by molar-refractivity contribution is 5.69. The van der Waals surface area contributed by atoms with Crippen molar-refractivity contribution >= 4 is 5.82 Å². The molecule has 2 heterocycles. The van der Waals surface area contributed by atoms with Crippen molar-refractivity contribution in [3.05, 3.63) is 35.9 Å². The lowest BCUT2D eigenvalue weighted by Gasteiger charge is -2.33. The van der Waals surface area contributed by atoms with E-state index in [1.165, 1.54) is 0 Å². The number of phenols is 1. The van der Waals surface area contributed by atoms with Crippen LogP contribution in [0.3, 0.4) is 0 Å². The molecule has 2 aromatic rings. The number of ether oxygens (including phenoxy) is 2. The molecule has 0 radical (unpaired) electrons. The van der Waals surface area contributed by atoms with E-state index >= 15 is 0 Å². The number of hydrogen-bond acceptors (Lipinski definition) is 7. The quantitative estimate of drug-likeness (QED) is 0.604. The van der Waals surface area contributed by atoms with E-state index in [1.54, 1.807) is 38.5 Å². The SMILES string of the molecule is COC(OC)C1CCN(CC#Cc2cc(-c3ccccc3O)nnc2N)CC1. The average Bonchev–Trinajstić information content (AvgIpc) is 2.72. The first-order valence-electron chi connectivity index (χ1n) is 9.30. The summed E-state index contributed by atoms with van der Waals surface area (Å²) in [5, 5.41) is 18.1. The van der Waals surface area contributed by atoms with Crippen LogP contribution in [0.4, 0.5) is 5.82 Å². The number of likely N-dealkylation sites (tertiary alicyclic amines) is 1. The maximum Gasteiger partial charge on any atom is 0.161 e. The molecule has 0 atom stereocenters. The van der Waals surface area contributed by atoms with Crippen LogP contribution in [0.15, 0.2) is 30.3 Å². The lowest BCUT2D eigenvalue weighted by molar-refractivity contribution is -0.146. The number of para-hydroxylation sites is 1. The first-order chi connectivity index (χ1) is 13.6. The molecule has 7 heteroatoms. The van der Waals surface area contributed by atoms with Crippen molar-refractivity contribution in [1.82, 2.24) is 15.1 Å². The second kappa shape index (κ2) is 9.51. The fourth-order valence-electron chi connectivity index (χ4n) is 3.43. The minimum atomic E-state index is -0.135. The number of hydrogen-bond donors (Lipinski definition) is 2. The van der Waals surface area contributed by atoms with Gasteiger partial charge in [-0.25, -0.2) is 0 Å². The summed E-state index contributed by atoms with van der Waals surface area (Å²) in [4.78, 5) is 2.31. The number of nitrogen functional groups attached to an aromatic ring is 1. The number of methoxy groups -OCH3 is 2. The number of rotatable bonds is 5. The predicted octanol–water partition coefficient (Wildman–Crippen LogP) is 2.11. The van der Waals surface area contributed by atoms with Crippen LogP contribution in [0, 0.1) is 17.8 Å². The molecular formula is C21H26N4O3. The normalized spacial score (nSPS) is 15.4. The molecule has 3 N–H and O–H groups in total. The summed E-state index contributed by atoms with van der Waals surface area (Å²) < 4.78 is 10.7. The molecule has 0 aliphatic carbocycles. The van der Waals surface area contributed by atoms with Crippen molar-refractivity contribution in [1.29, 1.82) is 0 Å². The van der Waals surface area contributed by atoms with Crippen LogP contribution in [-0.2, 0) is 9.47 Å². The zero-order valence-corrected chi connectivity index (χ0v) is 16.3. The molecule has 1 aromatic heterocycles. The van der Waals surface area contributed by atoms with E-state index in [9.17, 15) is 5.11 Å². The summed E-state index contributed by atoms with van der Waals surface area (Å²) in [6.45, 7) is 2.57. The zero-order valence-electron chi connectivity index (χ0n) is 16.3. The Morgan fingerprint density at radius 1 is 1.21 bits per heavy atom. The number of benzene rings is 1. The minimum Gasteiger partial charge on any atom is -0.507 e. The molecule has 0 bridgehead atoms. The van der Waals surface area contributed by atoms with E-state index in [1.807, 2.05) is 6.07 Å². The van der Waals surface area contributed by atoms with Crippen LogP contribution in [0.2, 0.25) is 0 Å². The Morgan fingerprint density at radius 2 is 1.93 bits per heavy atom. The zero-order chi connectivity index (χ0) is 19.9. The fourth-order valence-corrected chi connectivity index (χ4v) is 3.43. The van der Waals surface area contributed by atoms with E-state index in [2.05, 4.69) is 26.9 Å². The molecule has 0 saturated carbocycles. The van der Waals surface area contributed by atoms with Gasteiger partial charge in [0.05, 0.1) is 17.8 Å². The van der Waals surface area contributed by atoms with Crippen LogP contribution in [0.5, 0.6) is 5.75 Å². The highest BCUT2D eigenvalue weighted by Gasteiger charge is 2.25. The van der Waals surface area contributed by atoms with Crippen molar-refractivity contribution < 1.29 is 14.6 Å². The third kappa shape index (κ3) is 4.78. The average molecular weight is 382 g/mol. The monoisotopic (exact) mass is 382 g/mol. The van der Waals surface area contributed by atoms with Crippen LogP contribution >= 0.6 is 0 Å². The van der Waals surface area contributed by atoms with Gasteiger partial charge in [0, 0.05) is 25.7 Å². The Hall–Kier alpha value is -2.66. The minimum absolute atomic E-state index is 0.135. The molecule has 1 aliphatic heterocycles. The topological polar surface area (TPSA) is 93.7 Å². The maximum absolute atomic E-state index is 10.0. The molecule has 1 fully saturated rings. The highest BCUT2D eigenvalue weighted by atomic mass is 16.7. The van der Waals surface area contributed by atoms with Gasteiger partial charge in [0.15, 0.2) is 12.1 Å². The van der Waals surface area contributed by atoms with Crippen LogP contribution < -0.4 is 5.73 Å². The molecule has 148 valence electrons. The molecule has 1 aromatic carbocycles. The molecule has 0 unspecified atom stereocenters. The van der Waals surface area contributed by atoms with Crippen LogP contribution in [0.25, 0.3) is 11.3 Å². The van der Waals surface area contributed by atoms with Gasteiger partial charge in [0.1, 0.15) is 5.75 Å². The maximum atomic E-state index is 10.0. The van der Waals surface area contributed by atoms with Gasteiger partial charge < -0.3 is 20.3 Å². The molecule has 3 rings (SSSR count). The molecule has 28 heavy (non-hydrogen) atoms. The second-order valence-corrected chi connectivity index (χ2v) is 6.80. The Kier molecular flexibility index (Phi) is 6.82. The van der Waals surface area contributed by atoms with E-state index in [0.717, 1.165) is 25.9 Å². The molecular weight excluding hydrogens is 356 g/mol. The summed E-state index contributed by atoms with van der Waals surface area (Å²) in [6, 6.07) is 8.75. The van der Waals surface area contributed by atoms with Gasteiger partial charge in [0.2, 0.25) is 0 Å². The van der Waals surface area contributed by atoms with Crippen molar-refractivity contribution in [2.75, 3.05) is 39.6 Å². The summed E-state index contributed by atoms with van der Waals surface area (Å²) in [7, 11) is 3.37. The number of aromatic hydroxyl groups is 1. The van der Waals surface area contributed by atoms with Gasteiger partial charge in [-0.2, -0.15) is 0 Å². The number of anilines is 1. The standard InChI is InChI=1S/C21H26N4O3/c1-27-21(28-2)15-9-12-25(13-10-15)11-5-6-16-14-18(23-24-20(16)22)17-7-3-4-8-19(17)26/h3-4,7-8,14-15,21,26H,9-13H2,1-2H3,(H2,22,24). The lowest BCUT2D eigenvalue weighted by Crippen LogP contribution is -2.39. The van der Waals surface area contributed by atoms with Crippen LogP contribution in [0.1, 0.15) is 18.4 Å². The van der Waals surface area contributed by atoms with E-state index in [4.69, 9.17) is 15.2 Å². The van der Waals surface area contributed by atoms with E-state index in [0.29, 0.717) is 29.3 Å². The summed E-state index contributed by atoms with van der Waals surface area (Å²) >= 11 is 0. The Labute approximate surface area is 165 Å². The number of aromatic nitrogens is 2. The summed E-state index contributed by atoms with van der Waals surface area (Å²) in [6.07, 6.45) is 1.90. The molecule has 1 aliphatic rings. The fraction of sp³-hybridized carbons (Fsp3) is 0.429. The highest BCUT2D eigenvalue weighted by Crippen LogP contribution is 2.27. The largest absolute Gasteiger partial charge is 0.507 e. The Balaban J connectivity index is 1.64. The van der Waals surface area contributed by atoms with Crippen molar-refractivity contribution in [2.24, 2.45) is 5.92 Å². The van der Waals surface area contributed by atoms with E-state index < -0.39 is 0 Å².